The van der Waals surface area contributed by atoms with E-state index in [0.29, 0.717) is 24.3 Å². The second kappa shape index (κ2) is 18.6. The van der Waals surface area contributed by atoms with Crippen LogP contribution in [0.5, 0.6) is 0 Å². The molecule has 2 aliphatic heterocycles. The highest BCUT2D eigenvalue weighted by Gasteiger charge is 2.61. The lowest BCUT2D eigenvalue weighted by Gasteiger charge is -2.33. The monoisotopic (exact) mass is 996 g/mol. The zero-order valence-electron chi connectivity index (χ0n) is 30.6. The lowest BCUT2D eigenvalue weighted by molar-refractivity contribution is -0.186. The van der Waals surface area contributed by atoms with E-state index in [0.717, 1.165) is 29.2 Å². The van der Waals surface area contributed by atoms with Gasteiger partial charge in [-0.1, -0.05) is 46.4 Å². The molecule has 2 unspecified atom stereocenters. The summed E-state index contributed by atoms with van der Waals surface area (Å²) < 4.78 is 226. The van der Waals surface area contributed by atoms with E-state index >= 15 is 0 Å². The zero-order chi connectivity index (χ0) is 47.8. The topological polar surface area (TPSA) is 62.9 Å². The van der Waals surface area contributed by atoms with Crippen LogP contribution in [0, 0.1) is 51.7 Å². The van der Waals surface area contributed by atoms with Gasteiger partial charge in [-0.2, -0.15) is 63.2 Å². The minimum atomic E-state index is -5.06. The van der Waals surface area contributed by atoms with Crippen LogP contribution in [-0.2, 0) is 23.2 Å². The quantitative estimate of drug-likeness (QED) is 0.126. The third-order valence-corrected chi connectivity index (χ3v) is 11.2. The molecule has 0 saturated carbocycles. The molecule has 2 atom stereocenters. The van der Waals surface area contributed by atoms with Crippen LogP contribution in [0.25, 0.3) is 0 Å². The number of benzene rings is 4. The standard InChI is InChI=1S/C19H10Cl2F8N2.C11H8Cl2F5N.C8H3F4N/c20-13-6-12(15(22)14(21)16(13)23)17(19(27,28)29)3-4-31(8-17)10-2-1-9(7-30)11(5-10)18(24,25)26;12-6-3-5(8(14)7(13)9(6)15)10(11(16,17)18)1-2-19-4-10;9-6-2-1-5(4-13)7(3-6)8(10,11)12/h1-2,5-6H,3-4,8H2;3,19H,1-2,4H2;1-3H. The number of anilines is 1. The first-order valence-electron chi connectivity index (χ1n) is 17.0. The van der Waals surface area contributed by atoms with Crippen molar-refractivity contribution in [3.8, 4) is 12.1 Å². The summed E-state index contributed by atoms with van der Waals surface area (Å²) in [6.07, 6.45) is -20.5. The molecule has 2 heterocycles. The molecule has 4 nitrogen and oxygen atoms in total. The Labute approximate surface area is 364 Å². The van der Waals surface area contributed by atoms with E-state index < -0.39 is 144 Å². The van der Waals surface area contributed by atoms with Crippen LogP contribution >= 0.6 is 46.4 Å². The van der Waals surface area contributed by atoms with Crippen molar-refractivity contribution in [1.29, 1.82) is 10.5 Å². The first kappa shape index (κ1) is 51.2. The molecule has 0 radical (unpaired) electrons. The van der Waals surface area contributed by atoms with Crippen LogP contribution in [0.15, 0.2) is 48.5 Å². The maximum atomic E-state index is 14.6. The molecular weight excluding hydrogens is 977 g/mol. The molecule has 340 valence electrons. The summed E-state index contributed by atoms with van der Waals surface area (Å²) in [7, 11) is 0. The molecule has 2 saturated heterocycles. The van der Waals surface area contributed by atoms with Gasteiger partial charge in [-0.3, -0.25) is 0 Å². The van der Waals surface area contributed by atoms with Gasteiger partial charge in [0, 0.05) is 36.4 Å². The fourth-order valence-corrected chi connectivity index (χ4v) is 7.61. The predicted octanol–water partition coefficient (Wildman–Crippen LogP) is 13.7. The molecule has 0 bridgehead atoms. The first-order valence-corrected chi connectivity index (χ1v) is 18.5. The van der Waals surface area contributed by atoms with Crippen LogP contribution in [0.4, 0.5) is 80.3 Å². The molecular formula is C38H21Cl4F17N4. The Hall–Kier alpha value is -4.41. The minimum absolute atomic E-state index is 0.0750. The summed E-state index contributed by atoms with van der Waals surface area (Å²) in [5.41, 5.74) is -11.1. The fraction of sp³-hybridized carbons (Fsp3) is 0.316. The highest BCUT2D eigenvalue weighted by molar-refractivity contribution is 6.35. The van der Waals surface area contributed by atoms with Crippen LogP contribution in [0.1, 0.15) is 46.2 Å². The Morgan fingerprint density at radius 2 is 1.02 bits per heavy atom. The van der Waals surface area contributed by atoms with Crippen molar-refractivity contribution in [2.45, 2.75) is 48.4 Å². The average Bonchev–Trinajstić information content (AvgIpc) is 3.89. The largest absolute Gasteiger partial charge is 0.417 e. The fourth-order valence-electron chi connectivity index (χ4n) is 6.70. The molecule has 63 heavy (non-hydrogen) atoms. The van der Waals surface area contributed by atoms with Gasteiger partial charge in [0.25, 0.3) is 0 Å². The number of alkyl halides is 12. The smallest absolute Gasteiger partial charge is 0.370 e. The summed E-state index contributed by atoms with van der Waals surface area (Å²) in [6, 6.07) is 8.28. The summed E-state index contributed by atoms with van der Waals surface area (Å²) in [5.74, 6) is -6.74. The number of halogens is 21. The lowest BCUT2D eigenvalue weighted by atomic mass is 9.78. The lowest BCUT2D eigenvalue weighted by Crippen LogP contribution is -2.45. The second-order valence-electron chi connectivity index (χ2n) is 13.6. The summed E-state index contributed by atoms with van der Waals surface area (Å²) in [4.78, 5) is 0.981. The summed E-state index contributed by atoms with van der Waals surface area (Å²) >= 11 is 21.9. The molecule has 0 spiro atoms. The van der Waals surface area contributed by atoms with Crippen LogP contribution in [0.2, 0.25) is 20.1 Å². The molecule has 1 N–H and O–H groups in total. The van der Waals surface area contributed by atoms with Gasteiger partial charge in [0.15, 0.2) is 11.6 Å². The molecule has 0 aliphatic carbocycles. The third-order valence-electron chi connectivity index (χ3n) is 9.95. The van der Waals surface area contributed by atoms with Crippen LogP contribution in [-0.4, -0.2) is 38.5 Å². The van der Waals surface area contributed by atoms with Crippen molar-refractivity contribution >= 4 is 52.1 Å². The molecule has 6 rings (SSSR count). The van der Waals surface area contributed by atoms with E-state index in [1.807, 2.05) is 0 Å². The Bertz CT molecular complexity index is 2450. The van der Waals surface area contributed by atoms with Gasteiger partial charge in [0.05, 0.1) is 44.4 Å². The van der Waals surface area contributed by atoms with E-state index in [1.54, 1.807) is 0 Å². The number of hydrogen-bond acceptors (Lipinski definition) is 4. The zero-order valence-corrected chi connectivity index (χ0v) is 33.7. The van der Waals surface area contributed by atoms with E-state index in [2.05, 4.69) is 5.32 Å². The summed E-state index contributed by atoms with van der Waals surface area (Å²) in [6.45, 7) is -1.78. The van der Waals surface area contributed by atoms with Crippen molar-refractivity contribution < 1.29 is 74.6 Å². The van der Waals surface area contributed by atoms with Gasteiger partial charge in [0.1, 0.15) is 38.3 Å². The number of rotatable bonds is 3. The Morgan fingerprint density at radius 1 is 0.571 bits per heavy atom. The molecule has 0 aromatic heterocycles. The highest BCUT2D eigenvalue weighted by atomic mass is 35.5. The molecule has 2 aliphatic rings. The van der Waals surface area contributed by atoms with Crippen LogP contribution < -0.4 is 10.2 Å². The van der Waals surface area contributed by atoms with E-state index in [-0.39, 0.29) is 18.7 Å². The van der Waals surface area contributed by atoms with Gasteiger partial charge >= 0.3 is 24.7 Å². The Kier molecular flexibility index (Phi) is 15.1. The van der Waals surface area contributed by atoms with E-state index in [4.69, 9.17) is 56.9 Å². The van der Waals surface area contributed by atoms with Crippen molar-refractivity contribution in [3.05, 3.63) is 131 Å². The van der Waals surface area contributed by atoms with Gasteiger partial charge in [-0.25, -0.2) is 22.0 Å². The van der Waals surface area contributed by atoms with Gasteiger partial charge in [0.2, 0.25) is 0 Å². The van der Waals surface area contributed by atoms with Gasteiger partial charge < -0.3 is 10.2 Å². The Morgan fingerprint density at radius 3 is 1.43 bits per heavy atom. The molecule has 2 fully saturated rings. The molecule has 4 aromatic carbocycles. The number of hydrogen-bond donors (Lipinski definition) is 1. The first-order chi connectivity index (χ1) is 28.9. The van der Waals surface area contributed by atoms with Crippen molar-refractivity contribution in [3.63, 3.8) is 0 Å². The summed E-state index contributed by atoms with van der Waals surface area (Å²) in [5, 5.41) is 16.0. The SMILES string of the molecule is Fc1c(Cl)cc(C2(C(F)(F)F)CCNC2)c(F)c1Cl.N#Cc1ccc(F)cc1C(F)(F)F.N#Cc1ccc(N2CCC(c3cc(Cl)c(F)c(Cl)c3F)(C(F)(F)F)C2)cc1C(F)(F)F. The van der Waals surface area contributed by atoms with Gasteiger partial charge in [-0.15, -0.1) is 0 Å². The molecule has 0 amide bonds. The van der Waals surface area contributed by atoms with Crippen molar-refractivity contribution in [1.82, 2.24) is 5.32 Å². The number of nitrogens with zero attached hydrogens (tertiary/aromatic N) is 3. The normalized spacial score (nSPS) is 19.1. The van der Waals surface area contributed by atoms with E-state index in [9.17, 15) is 74.6 Å². The highest BCUT2D eigenvalue weighted by Crippen LogP contribution is 2.52. The van der Waals surface area contributed by atoms with Crippen molar-refractivity contribution in [2.24, 2.45) is 0 Å². The molecule has 25 heteroatoms. The predicted molar refractivity (Wildman–Crippen MR) is 195 cm³/mol. The van der Waals surface area contributed by atoms with Crippen LogP contribution in [0.3, 0.4) is 0 Å². The maximum Gasteiger partial charge on any atom is 0.417 e. The van der Waals surface area contributed by atoms with Crippen molar-refractivity contribution in [2.75, 3.05) is 31.1 Å². The maximum absolute atomic E-state index is 14.6. The van der Waals surface area contributed by atoms with Gasteiger partial charge in [-0.05, 0) is 67.9 Å². The number of nitriles is 2. The minimum Gasteiger partial charge on any atom is -0.370 e. The third kappa shape index (κ3) is 10.3. The van der Waals surface area contributed by atoms with E-state index in [1.165, 1.54) is 12.1 Å². The second-order valence-corrected chi connectivity index (χ2v) is 15.2. The Balaban J connectivity index is 0.000000230. The molecule has 4 aromatic rings. The average molecular weight is 998 g/mol. The number of nitrogens with one attached hydrogen (secondary N) is 1.